The Hall–Kier alpha value is -4.50. The van der Waals surface area contributed by atoms with E-state index >= 15 is 0 Å². The molecule has 0 spiro atoms. The van der Waals surface area contributed by atoms with E-state index in [0.29, 0.717) is 0 Å². The number of hydrogen-bond acceptors (Lipinski definition) is 4. The monoisotopic (exact) mass is 601 g/mol. The first-order valence-electron chi connectivity index (χ1n) is 14.1. The number of nitrogens with one attached hydrogen (secondary N) is 1. The highest BCUT2D eigenvalue weighted by Crippen LogP contribution is 2.25. The number of anilines is 1. The van der Waals surface area contributed by atoms with Crippen molar-refractivity contribution in [2.75, 3.05) is 10.8 Å². The SMILES string of the molecule is Cc1cccc(CN(C(=O)CN(c2ccccc2)S(=O)(=O)c2ccc(F)cc2)C(Cc2ccccc2)C(=O)NC(C)C)c1. The summed E-state index contributed by atoms with van der Waals surface area (Å²) < 4.78 is 42.5. The van der Waals surface area contributed by atoms with Gasteiger partial charge in [0.2, 0.25) is 11.8 Å². The maximum atomic E-state index is 14.4. The molecule has 0 aliphatic heterocycles. The van der Waals surface area contributed by atoms with E-state index in [4.69, 9.17) is 0 Å². The number of nitrogens with zero attached hydrogens (tertiary/aromatic N) is 2. The molecule has 4 aromatic rings. The van der Waals surface area contributed by atoms with Crippen LogP contribution in [0.4, 0.5) is 10.1 Å². The van der Waals surface area contributed by atoms with E-state index in [1.54, 1.807) is 30.3 Å². The highest BCUT2D eigenvalue weighted by molar-refractivity contribution is 7.92. The molecule has 224 valence electrons. The number of carbonyl (C=O) groups is 2. The molecule has 0 aliphatic carbocycles. The van der Waals surface area contributed by atoms with Crippen LogP contribution >= 0.6 is 0 Å². The van der Waals surface area contributed by atoms with E-state index in [1.165, 1.54) is 17.0 Å². The summed E-state index contributed by atoms with van der Waals surface area (Å²) >= 11 is 0. The van der Waals surface area contributed by atoms with Gasteiger partial charge in [-0.15, -0.1) is 0 Å². The lowest BCUT2D eigenvalue weighted by molar-refractivity contribution is -0.140. The summed E-state index contributed by atoms with van der Waals surface area (Å²) in [7, 11) is -4.28. The predicted molar refractivity (Wildman–Crippen MR) is 166 cm³/mol. The summed E-state index contributed by atoms with van der Waals surface area (Å²) in [6, 6.07) is 28.6. The number of amides is 2. The lowest BCUT2D eigenvalue weighted by atomic mass is 10.0. The Kier molecular flexibility index (Phi) is 10.3. The Morgan fingerprint density at radius 1 is 0.814 bits per heavy atom. The third kappa shape index (κ3) is 8.29. The van der Waals surface area contributed by atoms with Gasteiger partial charge in [0, 0.05) is 19.0 Å². The van der Waals surface area contributed by atoms with E-state index in [9.17, 15) is 22.4 Å². The molecular weight excluding hydrogens is 565 g/mol. The number of rotatable bonds is 12. The zero-order valence-corrected chi connectivity index (χ0v) is 25.3. The van der Waals surface area contributed by atoms with E-state index in [1.807, 2.05) is 75.4 Å². The summed E-state index contributed by atoms with van der Waals surface area (Å²) in [6.07, 6.45) is 0.229. The summed E-state index contributed by atoms with van der Waals surface area (Å²) in [6.45, 7) is 5.14. The van der Waals surface area contributed by atoms with Crippen LogP contribution in [0.1, 0.15) is 30.5 Å². The van der Waals surface area contributed by atoms with Crippen LogP contribution in [0.5, 0.6) is 0 Å². The van der Waals surface area contributed by atoms with Crippen LogP contribution < -0.4 is 9.62 Å². The fourth-order valence-electron chi connectivity index (χ4n) is 4.80. The van der Waals surface area contributed by atoms with Crippen LogP contribution in [-0.2, 0) is 32.6 Å². The molecule has 0 heterocycles. The maximum Gasteiger partial charge on any atom is 0.264 e. The van der Waals surface area contributed by atoms with Crippen LogP contribution in [0, 0.1) is 12.7 Å². The van der Waals surface area contributed by atoms with E-state index in [-0.39, 0.29) is 35.5 Å². The molecule has 0 saturated carbocycles. The summed E-state index contributed by atoms with van der Waals surface area (Å²) in [4.78, 5) is 29.3. The minimum Gasteiger partial charge on any atom is -0.352 e. The second kappa shape index (κ2) is 14.1. The molecule has 0 fully saturated rings. The molecule has 7 nitrogen and oxygen atoms in total. The fourth-order valence-corrected chi connectivity index (χ4v) is 6.21. The van der Waals surface area contributed by atoms with Crippen molar-refractivity contribution in [2.45, 2.75) is 50.7 Å². The van der Waals surface area contributed by atoms with Gasteiger partial charge in [-0.2, -0.15) is 0 Å². The highest BCUT2D eigenvalue weighted by atomic mass is 32.2. The summed E-state index contributed by atoms with van der Waals surface area (Å²) in [5.41, 5.74) is 2.91. The minimum absolute atomic E-state index is 0.0861. The Labute approximate surface area is 253 Å². The molecular formula is C34H36FN3O4S. The first-order valence-corrected chi connectivity index (χ1v) is 15.5. The van der Waals surface area contributed by atoms with Gasteiger partial charge in [-0.3, -0.25) is 13.9 Å². The van der Waals surface area contributed by atoms with Crippen molar-refractivity contribution in [3.63, 3.8) is 0 Å². The van der Waals surface area contributed by atoms with Gasteiger partial charge in [-0.25, -0.2) is 12.8 Å². The molecule has 0 saturated heterocycles. The Morgan fingerprint density at radius 2 is 1.42 bits per heavy atom. The van der Waals surface area contributed by atoms with Gasteiger partial charge in [0.25, 0.3) is 10.0 Å². The van der Waals surface area contributed by atoms with E-state index < -0.39 is 34.3 Å². The van der Waals surface area contributed by atoms with Gasteiger partial charge in [-0.1, -0.05) is 78.4 Å². The van der Waals surface area contributed by atoms with Gasteiger partial charge in [-0.05, 0) is 68.3 Å². The van der Waals surface area contributed by atoms with Crippen LogP contribution in [0.2, 0.25) is 0 Å². The van der Waals surface area contributed by atoms with Crippen molar-refractivity contribution in [3.8, 4) is 0 Å². The number of hydrogen-bond donors (Lipinski definition) is 1. The molecule has 4 aromatic carbocycles. The zero-order chi connectivity index (χ0) is 31.0. The van der Waals surface area contributed by atoms with Crippen molar-refractivity contribution in [1.29, 1.82) is 0 Å². The van der Waals surface area contributed by atoms with Crippen molar-refractivity contribution in [3.05, 3.63) is 132 Å². The molecule has 2 amide bonds. The van der Waals surface area contributed by atoms with Gasteiger partial charge >= 0.3 is 0 Å². The summed E-state index contributed by atoms with van der Waals surface area (Å²) in [5, 5.41) is 2.94. The van der Waals surface area contributed by atoms with Gasteiger partial charge in [0.05, 0.1) is 10.6 Å². The number of carbonyl (C=O) groups excluding carboxylic acids is 2. The van der Waals surface area contributed by atoms with E-state index in [2.05, 4.69) is 5.32 Å². The topological polar surface area (TPSA) is 86.8 Å². The number of halogens is 1. The first kappa shape index (κ1) is 31.4. The van der Waals surface area contributed by atoms with Gasteiger partial charge < -0.3 is 10.2 Å². The second-order valence-electron chi connectivity index (χ2n) is 10.7. The standard InChI is InChI=1S/C34H36FN3O4S/c1-25(2)36-34(40)32(22-27-12-6-4-7-13-27)37(23-28-14-10-11-26(3)21-28)33(39)24-38(30-15-8-5-9-16-30)43(41,42)31-19-17-29(35)18-20-31/h4-21,25,32H,22-24H2,1-3H3,(H,36,40). The third-order valence-corrected chi connectivity index (χ3v) is 8.65. The number of sulfonamides is 1. The molecule has 4 rings (SSSR count). The largest absolute Gasteiger partial charge is 0.352 e. The molecule has 9 heteroatoms. The minimum atomic E-state index is -4.28. The molecule has 0 bridgehead atoms. The predicted octanol–water partition coefficient (Wildman–Crippen LogP) is 5.49. The number of para-hydroxylation sites is 1. The Balaban J connectivity index is 1.79. The smallest absolute Gasteiger partial charge is 0.264 e. The maximum absolute atomic E-state index is 14.4. The Morgan fingerprint density at radius 3 is 2.02 bits per heavy atom. The zero-order valence-electron chi connectivity index (χ0n) is 24.5. The number of benzene rings is 4. The van der Waals surface area contributed by atoms with Crippen LogP contribution in [0.15, 0.2) is 114 Å². The third-order valence-electron chi connectivity index (χ3n) is 6.86. The average molecular weight is 602 g/mol. The van der Waals surface area contributed by atoms with Crippen molar-refractivity contribution in [2.24, 2.45) is 0 Å². The highest BCUT2D eigenvalue weighted by Gasteiger charge is 2.34. The van der Waals surface area contributed by atoms with E-state index in [0.717, 1.165) is 33.1 Å². The van der Waals surface area contributed by atoms with Crippen molar-refractivity contribution in [1.82, 2.24) is 10.2 Å². The number of aryl methyl sites for hydroxylation is 1. The molecule has 1 atom stereocenters. The van der Waals surface area contributed by atoms with Crippen molar-refractivity contribution >= 4 is 27.5 Å². The lowest BCUT2D eigenvalue weighted by Crippen LogP contribution is -2.54. The molecule has 43 heavy (non-hydrogen) atoms. The van der Waals surface area contributed by atoms with Crippen LogP contribution in [0.25, 0.3) is 0 Å². The van der Waals surface area contributed by atoms with Gasteiger partial charge in [0.1, 0.15) is 18.4 Å². The normalized spacial score (nSPS) is 12.0. The molecule has 0 aromatic heterocycles. The van der Waals surface area contributed by atoms with Gasteiger partial charge in [0.15, 0.2) is 0 Å². The fraction of sp³-hybridized carbons (Fsp3) is 0.235. The lowest BCUT2D eigenvalue weighted by Gasteiger charge is -2.34. The average Bonchev–Trinajstić information content (AvgIpc) is 2.98. The van der Waals surface area contributed by atoms with Crippen LogP contribution in [-0.4, -0.2) is 43.8 Å². The van der Waals surface area contributed by atoms with Crippen molar-refractivity contribution < 1.29 is 22.4 Å². The molecule has 0 aliphatic rings. The quantitative estimate of drug-likeness (QED) is 0.233. The Bertz CT molecular complexity index is 1630. The summed E-state index contributed by atoms with van der Waals surface area (Å²) in [5.74, 6) is -1.48. The van der Waals surface area contributed by atoms with Crippen LogP contribution in [0.3, 0.4) is 0 Å². The molecule has 1 N–H and O–H groups in total. The first-order chi connectivity index (χ1) is 20.5. The second-order valence-corrected chi connectivity index (χ2v) is 12.5. The molecule has 1 unspecified atom stereocenters. The molecule has 0 radical (unpaired) electrons.